The van der Waals surface area contributed by atoms with Crippen molar-refractivity contribution in [3.63, 3.8) is 0 Å². The second kappa shape index (κ2) is 4.82. The van der Waals surface area contributed by atoms with E-state index in [2.05, 4.69) is 49.2 Å². The molecule has 0 aliphatic carbocycles. The summed E-state index contributed by atoms with van der Waals surface area (Å²) in [5.41, 5.74) is 2.46. The molecule has 0 radical (unpaired) electrons. The van der Waals surface area contributed by atoms with E-state index in [1.54, 1.807) is 0 Å². The highest BCUT2D eigenvalue weighted by molar-refractivity contribution is 7.15. The minimum Gasteiger partial charge on any atom is -0.297 e. The summed E-state index contributed by atoms with van der Waals surface area (Å²) in [4.78, 5) is 8.54. The first-order chi connectivity index (χ1) is 8.75. The third kappa shape index (κ3) is 2.08. The van der Waals surface area contributed by atoms with Crippen molar-refractivity contribution in [1.82, 2.24) is 9.88 Å². The van der Waals surface area contributed by atoms with Crippen LogP contribution in [0.1, 0.15) is 29.6 Å². The zero-order valence-corrected chi connectivity index (χ0v) is 11.7. The van der Waals surface area contributed by atoms with Crippen LogP contribution in [-0.2, 0) is 0 Å². The van der Waals surface area contributed by atoms with Crippen molar-refractivity contribution in [1.29, 1.82) is 0 Å². The number of aryl methyl sites for hydroxylation is 1. The van der Waals surface area contributed by atoms with Gasteiger partial charge in [-0.05, 0) is 38.9 Å². The zero-order chi connectivity index (χ0) is 12.5. The molecule has 0 saturated carbocycles. The summed E-state index contributed by atoms with van der Waals surface area (Å²) in [6.45, 7) is 3.32. The Morgan fingerprint density at radius 1 is 1.28 bits per heavy atom. The van der Waals surface area contributed by atoms with Crippen LogP contribution in [0.5, 0.6) is 0 Å². The van der Waals surface area contributed by atoms with Gasteiger partial charge in [-0.3, -0.25) is 4.90 Å². The average Bonchev–Trinajstić information content (AvgIpc) is 2.96. The van der Waals surface area contributed by atoms with Crippen LogP contribution in [0.15, 0.2) is 30.3 Å². The van der Waals surface area contributed by atoms with E-state index in [4.69, 9.17) is 4.98 Å². The molecule has 3 heteroatoms. The predicted molar refractivity (Wildman–Crippen MR) is 76.9 cm³/mol. The van der Waals surface area contributed by atoms with E-state index in [1.165, 1.54) is 40.5 Å². The highest BCUT2D eigenvalue weighted by Gasteiger charge is 2.26. The van der Waals surface area contributed by atoms with Crippen molar-refractivity contribution in [2.24, 2.45) is 0 Å². The lowest BCUT2D eigenvalue weighted by molar-refractivity contribution is 0.316. The van der Waals surface area contributed by atoms with Crippen molar-refractivity contribution in [3.05, 3.63) is 41.0 Å². The lowest BCUT2D eigenvalue weighted by Crippen LogP contribution is -2.17. The average molecular weight is 258 g/mol. The molecule has 2 aromatic rings. The molecule has 1 aromatic carbocycles. The van der Waals surface area contributed by atoms with Gasteiger partial charge in [-0.2, -0.15) is 0 Å². The quantitative estimate of drug-likeness (QED) is 0.812. The van der Waals surface area contributed by atoms with Crippen molar-refractivity contribution in [2.75, 3.05) is 13.6 Å². The van der Waals surface area contributed by atoms with E-state index < -0.39 is 0 Å². The van der Waals surface area contributed by atoms with Gasteiger partial charge in [0, 0.05) is 0 Å². The second-order valence-corrected chi connectivity index (χ2v) is 6.00. The van der Waals surface area contributed by atoms with Crippen LogP contribution in [0.25, 0.3) is 10.4 Å². The third-order valence-corrected chi connectivity index (χ3v) is 4.96. The second-order valence-electron chi connectivity index (χ2n) is 4.97. The molecule has 18 heavy (non-hydrogen) atoms. The maximum absolute atomic E-state index is 4.80. The van der Waals surface area contributed by atoms with Gasteiger partial charge in [0.2, 0.25) is 0 Å². The Hall–Kier alpha value is -1.19. The molecule has 1 aliphatic rings. The van der Waals surface area contributed by atoms with Crippen LogP contribution >= 0.6 is 11.3 Å². The monoisotopic (exact) mass is 258 g/mol. The summed E-state index contributed by atoms with van der Waals surface area (Å²) in [6, 6.07) is 11.1. The number of rotatable bonds is 2. The topological polar surface area (TPSA) is 16.1 Å². The van der Waals surface area contributed by atoms with Gasteiger partial charge < -0.3 is 0 Å². The van der Waals surface area contributed by atoms with Gasteiger partial charge in [-0.25, -0.2) is 4.98 Å². The standard InChI is InChI=1S/C15H18N2S/c1-11-14(12-7-4-3-5-8-12)18-15(16-11)13-9-6-10-17(13)2/h3-5,7-8,13H,6,9-10H2,1-2H3. The van der Waals surface area contributed by atoms with Gasteiger partial charge in [-0.15, -0.1) is 11.3 Å². The van der Waals surface area contributed by atoms with Crippen molar-refractivity contribution in [3.8, 4) is 10.4 Å². The fourth-order valence-electron chi connectivity index (χ4n) is 2.64. The van der Waals surface area contributed by atoms with Crippen LogP contribution in [0, 0.1) is 6.92 Å². The van der Waals surface area contributed by atoms with Crippen molar-refractivity contribution < 1.29 is 0 Å². The van der Waals surface area contributed by atoms with Gasteiger partial charge in [-0.1, -0.05) is 30.3 Å². The summed E-state index contributed by atoms with van der Waals surface area (Å²) in [5.74, 6) is 0. The summed E-state index contributed by atoms with van der Waals surface area (Å²) in [6.07, 6.45) is 2.54. The van der Waals surface area contributed by atoms with Crippen LogP contribution in [0.3, 0.4) is 0 Å². The van der Waals surface area contributed by atoms with E-state index in [0.717, 1.165) is 0 Å². The SMILES string of the molecule is Cc1nc(C2CCCN2C)sc1-c1ccccc1. The van der Waals surface area contributed by atoms with Gasteiger partial charge in [0.15, 0.2) is 0 Å². The maximum Gasteiger partial charge on any atom is 0.111 e. The Bertz CT molecular complexity index is 533. The van der Waals surface area contributed by atoms with Crippen LogP contribution in [0.2, 0.25) is 0 Å². The molecule has 0 bridgehead atoms. The number of likely N-dealkylation sites (tertiary alicyclic amines) is 1. The van der Waals surface area contributed by atoms with Gasteiger partial charge in [0.1, 0.15) is 5.01 Å². The molecule has 0 spiro atoms. The molecule has 0 N–H and O–H groups in total. The first kappa shape index (κ1) is 11.9. The third-order valence-electron chi connectivity index (χ3n) is 3.65. The molecular weight excluding hydrogens is 240 g/mol. The first-order valence-corrected chi connectivity index (χ1v) is 7.30. The summed E-state index contributed by atoms with van der Waals surface area (Å²) in [7, 11) is 2.20. The predicted octanol–water partition coefficient (Wildman–Crippen LogP) is 3.89. The number of aromatic nitrogens is 1. The van der Waals surface area contributed by atoms with E-state index in [-0.39, 0.29) is 0 Å². The number of thiazole rings is 1. The van der Waals surface area contributed by atoms with Crippen LogP contribution in [0.4, 0.5) is 0 Å². The maximum atomic E-state index is 4.80. The van der Waals surface area contributed by atoms with Crippen LogP contribution < -0.4 is 0 Å². The van der Waals surface area contributed by atoms with E-state index in [1.807, 2.05) is 11.3 Å². The minimum atomic E-state index is 0.533. The summed E-state index contributed by atoms with van der Waals surface area (Å²) in [5, 5.41) is 1.28. The van der Waals surface area contributed by atoms with Gasteiger partial charge in [0.25, 0.3) is 0 Å². The number of hydrogen-bond acceptors (Lipinski definition) is 3. The molecule has 1 aromatic heterocycles. The van der Waals surface area contributed by atoms with Crippen LogP contribution in [-0.4, -0.2) is 23.5 Å². The van der Waals surface area contributed by atoms with Gasteiger partial charge in [0.05, 0.1) is 16.6 Å². The molecule has 1 aliphatic heterocycles. The lowest BCUT2D eigenvalue weighted by Gasteiger charge is -2.16. The fraction of sp³-hybridized carbons (Fsp3) is 0.400. The smallest absolute Gasteiger partial charge is 0.111 e. The molecule has 2 nitrogen and oxygen atoms in total. The Kier molecular flexibility index (Phi) is 3.18. The van der Waals surface area contributed by atoms with E-state index in [0.29, 0.717) is 6.04 Å². The lowest BCUT2D eigenvalue weighted by atomic mass is 10.2. The molecule has 0 amide bonds. The molecule has 3 rings (SSSR count). The highest BCUT2D eigenvalue weighted by atomic mass is 32.1. The normalized spacial score (nSPS) is 20.4. The molecule has 1 saturated heterocycles. The Morgan fingerprint density at radius 3 is 2.72 bits per heavy atom. The fourth-order valence-corrected chi connectivity index (χ4v) is 3.91. The zero-order valence-electron chi connectivity index (χ0n) is 10.9. The molecule has 1 fully saturated rings. The van der Waals surface area contributed by atoms with Crippen molar-refractivity contribution in [2.45, 2.75) is 25.8 Å². The molecule has 94 valence electrons. The first-order valence-electron chi connectivity index (χ1n) is 6.48. The van der Waals surface area contributed by atoms with E-state index >= 15 is 0 Å². The number of nitrogens with zero attached hydrogens (tertiary/aromatic N) is 2. The molecule has 1 unspecified atom stereocenters. The Balaban J connectivity index is 1.96. The number of hydrogen-bond donors (Lipinski definition) is 0. The number of benzene rings is 1. The Morgan fingerprint density at radius 2 is 2.06 bits per heavy atom. The largest absolute Gasteiger partial charge is 0.297 e. The van der Waals surface area contributed by atoms with E-state index in [9.17, 15) is 0 Å². The van der Waals surface area contributed by atoms with Crippen molar-refractivity contribution >= 4 is 11.3 Å². The highest BCUT2D eigenvalue weighted by Crippen LogP contribution is 2.37. The molecular formula is C15H18N2S. The Labute approximate surface area is 112 Å². The summed E-state index contributed by atoms with van der Waals surface area (Å²) < 4.78 is 0. The minimum absolute atomic E-state index is 0.533. The van der Waals surface area contributed by atoms with Gasteiger partial charge >= 0.3 is 0 Å². The summed E-state index contributed by atoms with van der Waals surface area (Å²) >= 11 is 1.86. The molecule has 1 atom stereocenters. The molecule has 2 heterocycles.